The summed E-state index contributed by atoms with van der Waals surface area (Å²) < 4.78 is 107. The maximum atomic E-state index is 13.8. The number of Topliss-reactive ketones (excluding diaryl/α,β-unsaturated/α-hetero) is 2. The fourth-order valence-corrected chi connectivity index (χ4v) is 3.65. The topological polar surface area (TPSA) is 34.1 Å². The Kier molecular flexibility index (Phi) is 9.59. The van der Waals surface area contributed by atoms with Gasteiger partial charge in [0, 0.05) is 17.6 Å². The predicted molar refractivity (Wildman–Crippen MR) is 136 cm³/mol. The number of hydrogen-bond acceptors (Lipinski definition) is 2. The standard InChI is InChI=1S/C16H10F4O.C15H10F4O/c1-8-6-7-10(15(20)13(8)18)9(2)16(21)11-4-3-5-12(17)14(11)19;1-8-5-6-9(14(18)13(8)17)7-12(20)10-3-2-4-11(16)15(10)19/h3-7H,2H2,1H3;2-6H,7H2,1H3. The average molecular weight is 576 g/mol. The van der Waals surface area contributed by atoms with Gasteiger partial charge in [-0.25, -0.2) is 35.1 Å². The highest BCUT2D eigenvalue weighted by Crippen LogP contribution is 2.26. The molecule has 0 atom stereocenters. The number of carbonyl (C=O) groups is 2. The second kappa shape index (κ2) is 12.7. The molecule has 41 heavy (non-hydrogen) atoms. The van der Waals surface area contributed by atoms with Gasteiger partial charge in [-0.15, -0.1) is 0 Å². The number of aryl methyl sites for hydroxylation is 2. The van der Waals surface area contributed by atoms with E-state index in [2.05, 4.69) is 6.58 Å². The Balaban J connectivity index is 0.000000226. The molecule has 2 nitrogen and oxygen atoms in total. The van der Waals surface area contributed by atoms with Crippen molar-refractivity contribution in [2.45, 2.75) is 20.3 Å². The lowest BCUT2D eigenvalue weighted by Crippen LogP contribution is -2.09. The van der Waals surface area contributed by atoms with Crippen molar-refractivity contribution in [1.82, 2.24) is 0 Å². The fourth-order valence-electron chi connectivity index (χ4n) is 3.65. The fraction of sp³-hybridized carbons (Fsp3) is 0.0968. The summed E-state index contributed by atoms with van der Waals surface area (Å²) in [6.45, 7) is 6.10. The van der Waals surface area contributed by atoms with Gasteiger partial charge >= 0.3 is 0 Å². The van der Waals surface area contributed by atoms with Crippen LogP contribution in [0.3, 0.4) is 0 Å². The number of ketones is 2. The number of benzene rings is 4. The highest BCUT2D eigenvalue weighted by Gasteiger charge is 2.23. The second-order valence-corrected chi connectivity index (χ2v) is 8.84. The van der Waals surface area contributed by atoms with Crippen molar-refractivity contribution in [3.05, 3.63) is 147 Å². The van der Waals surface area contributed by atoms with Crippen LogP contribution in [0.5, 0.6) is 0 Å². The molecule has 0 radical (unpaired) electrons. The van der Waals surface area contributed by atoms with E-state index in [0.717, 1.165) is 30.3 Å². The zero-order valence-corrected chi connectivity index (χ0v) is 21.5. The van der Waals surface area contributed by atoms with E-state index in [9.17, 15) is 44.7 Å². The number of allylic oxidation sites excluding steroid dienone is 1. The molecule has 0 spiro atoms. The molecule has 4 rings (SSSR count). The van der Waals surface area contributed by atoms with Crippen LogP contribution in [0, 0.1) is 60.4 Å². The Morgan fingerprint density at radius 2 is 1.05 bits per heavy atom. The highest BCUT2D eigenvalue weighted by atomic mass is 19.2. The Labute approximate surface area is 229 Å². The Bertz CT molecular complexity index is 1680. The largest absolute Gasteiger partial charge is 0.294 e. The first-order chi connectivity index (χ1) is 19.3. The minimum atomic E-state index is -1.35. The van der Waals surface area contributed by atoms with E-state index in [1.807, 2.05) is 0 Å². The van der Waals surface area contributed by atoms with Crippen LogP contribution in [0.2, 0.25) is 0 Å². The first-order valence-electron chi connectivity index (χ1n) is 11.8. The summed E-state index contributed by atoms with van der Waals surface area (Å²) in [5.74, 6) is -11.4. The van der Waals surface area contributed by atoms with E-state index in [-0.39, 0.29) is 22.3 Å². The van der Waals surface area contributed by atoms with E-state index in [1.54, 1.807) is 0 Å². The normalized spacial score (nSPS) is 10.6. The third-order valence-corrected chi connectivity index (χ3v) is 6.03. The molecule has 0 saturated carbocycles. The summed E-state index contributed by atoms with van der Waals surface area (Å²) in [6, 6.07) is 11.2. The van der Waals surface area contributed by atoms with Gasteiger partial charge in [0.25, 0.3) is 0 Å². The van der Waals surface area contributed by atoms with Crippen LogP contribution in [0.25, 0.3) is 5.57 Å². The van der Waals surface area contributed by atoms with Crippen molar-refractivity contribution in [3.8, 4) is 0 Å². The third kappa shape index (κ3) is 6.59. The minimum absolute atomic E-state index is 0.0634. The monoisotopic (exact) mass is 576 g/mol. The molecule has 0 unspecified atom stereocenters. The summed E-state index contributed by atoms with van der Waals surface area (Å²) >= 11 is 0. The molecular formula is C31H20F8O2. The zero-order valence-electron chi connectivity index (χ0n) is 21.5. The molecule has 0 N–H and O–H groups in total. The molecule has 0 saturated heterocycles. The van der Waals surface area contributed by atoms with Gasteiger partial charge < -0.3 is 0 Å². The molecule has 4 aromatic carbocycles. The van der Waals surface area contributed by atoms with E-state index in [4.69, 9.17) is 0 Å². The number of carbonyl (C=O) groups excluding carboxylic acids is 2. The number of halogens is 8. The van der Waals surface area contributed by atoms with Gasteiger partial charge in [0.15, 0.2) is 58.1 Å². The smallest absolute Gasteiger partial charge is 0.196 e. The molecule has 4 aromatic rings. The van der Waals surface area contributed by atoms with Crippen molar-refractivity contribution in [1.29, 1.82) is 0 Å². The lowest BCUT2D eigenvalue weighted by molar-refractivity contribution is 0.0985. The van der Waals surface area contributed by atoms with Crippen molar-refractivity contribution in [2.75, 3.05) is 0 Å². The second-order valence-electron chi connectivity index (χ2n) is 8.84. The van der Waals surface area contributed by atoms with Crippen LogP contribution in [0.1, 0.15) is 43.0 Å². The summed E-state index contributed by atoms with van der Waals surface area (Å²) in [7, 11) is 0. The Hall–Kier alpha value is -4.60. The molecule has 0 amide bonds. The minimum Gasteiger partial charge on any atom is -0.294 e. The van der Waals surface area contributed by atoms with E-state index < -0.39 is 81.2 Å². The highest BCUT2D eigenvalue weighted by molar-refractivity contribution is 6.28. The summed E-state index contributed by atoms with van der Waals surface area (Å²) in [4.78, 5) is 23.9. The molecule has 10 heteroatoms. The lowest BCUT2D eigenvalue weighted by atomic mass is 9.96. The molecule has 0 aromatic heterocycles. The van der Waals surface area contributed by atoms with Crippen LogP contribution in [0.15, 0.2) is 67.2 Å². The van der Waals surface area contributed by atoms with Crippen molar-refractivity contribution in [3.63, 3.8) is 0 Å². The molecule has 0 fully saturated rings. The molecule has 212 valence electrons. The molecule has 0 aliphatic rings. The van der Waals surface area contributed by atoms with Gasteiger partial charge in [0.2, 0.25) is 0 Å². The third-order valence-electron chi connectivity index (χ3n) is 6.03. The van der Waals surface area contributed by atoms with Crippen LogP contribution in [0.4, 0.5) is 35.1 Å². The van der Waals surface area contributed by atoms with E-state index >= 15 is 0 Å². The SMILES string of the molecule is C=C(C(=O)c1cccc(F)c1F)c1ccc(C)c(F)c1F.Cc1ccc(CC(=O)c2cccc(F)c2F)c(F)c1F. The van der Waals surface area contributed by atoms with Gasteiger partial charge in [-0.05, 0) is 54.8 Å². The molecular weight excluding hydrogens is 556 g/mol. The Morgan fingerprint density at radius 1 is 0.561 bits per heavy atom. The van der Waals surface area contributed by atoms with Crippen LogP contribution < -0.4 is 0 Å². The van der Waals surface area contributed by atoms with Gasteiger partial charge in [0.05, 0.1) is 11.1 Å². The maximum Gasteiger partial charge on any atom is 0.196 e. The summed E-state index contributed by atoms with van der Waals surface area (Å²) in [6.07, 6.45) is -0.538. The zero-order chi connectivity index (χ0) is 30.6. The van der Waals surface area contributed by atoms with E-state index in [1.165, 1.54) is 44.2 Å². The van der Waals surface area contributed by atoms with Crippen LogP contribution in [-0.2, 0) is 6.42 Å². The average Bonchev–Trinajstić information content (AvgIpc) is 2.94. The predicted octanol–water partition coefficient (Wildman–Crippen LogP) is 8.42. The summed E-state index contributed by atoms with van der Waals surface area (Å²) in [5, 5.41) is 0. The molecule has 0 heterocycles. The van der Waals surface area contributed by atoms with Gasteiger partial charge in [0.1, 0.15) is 0 Å². The number of hydrogen-bond donors (Lipinski definition) is 0. The Morgan fingerprint density at radius 3 is 1.63 bits per heavy atom. The van der Waals surface area contributed by atoms with Crippen LogP contribution in [-0.4, -0.2) is 11.6 Å². The van der Waals surface area contributed by atoms with E-state index in [0.29, 0.717) is 0 Å². The van der Waals surface area contributed by atoms with Gasteiger partial charge in [-0.1, -0.05) is 43.0 Å². The van der Waals surface area contributed by atoms with Crippen LogP contribution >= 0.6 is 0 Å². The lowest BCUT2D eigenvalue weighted by Gasteiger charge is -2.09. The quantitative estimate of drug-likeness (QED) is 0.131. The first-order valence-corrected chi connectivity index (χ1v) is 11.8. The number of rotatable bonds is 6. The maximum absolute atomic E-state index is 13.8. The van der Waals surface area contributed by atoms with Crippen molar-refractivity contribution in [2.24, 2.45) is 0 Å². The molecule has 0 bridgehead atoms. The first kappa shape index (κ1) is 30.9. The molecule has 0 aliphatic carbocycles. The van der Waals surface area contributed by atoms with Gasteiger partial charge in [-0.3, -0.25) is 9.59 Å². The van der Waals surface area contributed by atoms with Gasteiger partial charge in [-0.2, -0.15) is 0 Å². The van der Waals surface area contributed by atoms with Crippen molar-refractivity contribution < 1.29 is 44.7 Å². The summed E-state index contributed by atoms with van der Waals surface area (Å²) in [5.41, 5.74) is -1.92. The molecule has 0 aliphatic heterocycles. The van der Waals surface area contributed by atoms with Crippen molar-refractivity contribution >= 4 is 17.1 Å².